The summed E-state index contributed by atoms with van der Waals surface area (Å²) in [5, 5.41) is 3.56. The summed E-state index contributed by atoms with van der Waals surface area (Å²) in [5.74, 6) is 1.74. The number of ether oxygens (including phenoxy) is 1. The summed E-state index contributed by atoms with van der Waals surface area (Å²) >= 11 is 0. The standard InChI is InChI=1S/C12H17NO2/c1-2-10(8-14-6-1)11-12-9(3-5-13-11)4-7-15-12/h4,7,10-11,13H,1-3,5-6,8H2. The normalized spacial score (nSPS) is 31.2. The van der Waals surface area contributed by atoms with Crippen LogP contribution in [0.5, 0.6) is 0 Å². The molecule has 0 radical (unpaired) electrons. The second kappa shape index (κ2) is 3.99. The predicted octanol–water partition coefficient (Wildman–Crippen LogP) is 1.89. The van der Waals surface area contributed by atoms with E-state index in [0.29, 0.717) is 12.0 Å². The van der Waals surface area contributed by atoms with E-state index >= 15 is 0 Å². The average Bonchev–Trinajstić information content (AvgIpc) is 2.78. The minimum Gasteiger partial charge on any atom is -0.467 e. The van der Waals surface area contributed by atoms with E-state index in [9.17, 15) is 0 Å². The highest BCUT2D eigenvalue weighted by atomic mass is 16.5. The lowest BCUT2D eigenvalue weighted by atomic mass is 9.88. The summed E-state index contributed by atoms with van der Waals surface area (Å²) < 4.78 is 11.1. The number of furan rings is 1. The van der Waals surface area contributed by atoms with Gasteiger partial charge in [-0.05, 0) is 37.4 Å². The molecule has 3 heteroatoms. The molecule has 15 heavy (non-hydrogen) atoms. The van der Waals surface area contributed by atoms with Gasteiger partial charge in [-0.2, -0.15) is 0 Å². The molecular weight excluding hydrogens is 190 g/mol. The molecule has 0 spiro atoms. The van der Waals surface area contributed by atoms with Gasteiger partial charge >= 0.3 is 0 Å². The first kappa shape index (κ1) is 9.43. The fraction of sp³-hybridized carbons (Fsp3) is 0.667. The maximum absolute atomic E-state index is 5.60. The van der Waals surface area contributed by atoms with Crippen LogP contribution in [0.2, 0.25) is 0 Å². The highest BCUT2D eigenvalue weighted by Gasteiger charge is 2.31. The van der Waals surface area contributed by atoms with E-state index in [1.54, 1.807) is 0 Å². The lowest BCUT2D eigenvalue weighted by Crippen LogP contribution is -2.37. The highest BCUT2D eigenvalue weighted by molar-refractivity contribution is 5.24. The van der Waals surface area contributed by atoms with Crippen LogP contribution in [0.3, 0.4) is 0 Å². The van der Waals surface area contributed by atoms with Gasteiger partial charge in [0, 0.05) is 12.5 Å². The van der Waals surface area contributed by atoms with Gasteiger partial charge in [-0.25, -0.2) is 0 Å². The molecule has 1 saturated heterocycles. The maximum atomic E-state index is 5.60. The molecule has 0 aliphatic carbocycles. The Morgan fingerprint density at radius 2 is 2.40 bits per heavy atom. The third-order valence-electron chi connectivity index (χ3n) is 3.49. The Labute approximate surface area is 89.8 Å². The topological polar surface area (TPSA) is 34.4 Å². The SMILES string of the molecule is c1cc2c(o1)C(C1CCCOC1)NCC2. The van der Waals surface area contributed by atoms with E-state index in [4.69, 9.17) is 9.15 Å². The largest absolute Gasteiger partial charge is 0.467 e. The number of fused-ring (bicyclic) bond motifs is 1. The Balaban J connectivity index is 1.82. The van der Waals surface area contributed by atoms with Gasteiger partial charge in [0.15, 0.2) is 0 Å². The van der Waals surface area contributed by atoms with Crippen molar-refractivity contribution in [1.82, 2.24) is 5.32 Å². The summed E-state index contributed by atoms with van der Waals surface area (Å²) in [6, 6.07) is 2.48. The van der Waals surface area contributed by atoms with Gasteiger partial charge in [-0.1, -0.05) is 0 Å². The lowest BCUT2D eigenvalue weighted by Gasteiger charge is -2.32. The fourth-order valence-electron chi connectivity index (χ4n) is 2.69. The molecule has 0 bridgehead atoms. The summed E-state index contributed by atoms with van der Waals surface area (Å²) in [7, 11) is 0. The number of rotatable bonds is 1. The zero-order chi connectivity index (χ0) is 10.1. The highest BCUT2D eigenvalue weighted by Crippen LogP contribution is 2.33. The molecule has 2 aliphatic heterocycles. The summed E-state index contributed by atoms with van der Waals surface area (Å²) in [4.78, 5) is 0. The van der Waals surface area contributed by atoms with Crippen LogP contribution in [0.4, 0.5) is 0 Å². The Morgan fingerprint density at radius 3 is 3.27 bits per heavy atom. The maximum Gasteiger partial charge on any atom is 0.124 e. The van der Waals surface area contributed by atoms with Gasteiger partial charge in [0.2, 0.25) is 0 Å². The van der Waals surface area contributed by atoms with Crippen molar-refractivity contribution in [1.29, 1.82) is 0 Å². The molecule has 82 valence electrons. The van der Waals surface area contributed by atoms with Gasteiger partial charge in [0.05, 0.1) is 18.9 Å². The molecule has 3 heterocycles. The molecule has 2 unspecified atom stereocenters. The van der Waals surface area contributed by atoms with Crippen LogP contribution in [-0.2, 0) is 11.2 Å². The molecule has 3 rings (SSSR count). The molecule has 1 aromatic heterocycles. The minimum absolute atomic E-state index is 0.379. The molecule has 0 aromatic carbocycles. The van der Waals surface area contributed by atoms with E-state index in [-0.39, 0.29) is 0 Å². The van der Waals surface area contributed by atoms with Gasteiger partial charge in [-0.15, -0.1) is 0 Å². The first-order valence-electron chi connectivity index (χ1n) is 5.82. The predicted molar refractivity (Wildman–Crippen MR) is 56.7 cm³/mol. The molecular formula is C12H17NO2. The van der Waals surface area contributed by atoms with Crippen molar-refractivity contribution in [2.24, 2.45) is 5.92 Å². The van der Waals surface area contributed by atoms with Crippen LogP contribution >= 0.6 is 0 Å². The van der Waals surface area contributed by atoms with Gasteiger partial charge in [0.1, 0.15) is 5.76 Å². The summed E-state index contributed by atoms with van der Waals surface area (Å²) in [6.45, 7) is 2.86. The van der Waals surface area contributed by atoms with Crippen molar-refractivity contribution in [2.75, 3.05) is 19.8 Å². The van der Waals surface area contributed by atoms with E-state index in [1.165, 1.54) is 18.4 Å². The van der Waals surface area contributed by atoms with Gasteiger partial charge in [-0.3, -0.25) is 0 Å². The van der Waals surface area contributed by atoms with E-state index in [1.807, 2.05) is 6.26 Å². The molecule has 0 amide bonds. The number of nitrogens with one attached hydrogen (secondary N) is 1. The number of hydrogen-bond donors (Lipinski definition) is 1. The second-order valence-corrected chi connectivity index (χ2v) is 4.47. The zero-order valence-corrected chi connectivity index (χ0v) is 8.87. The molecule has 2 atom stereocenters. The van der Waals surface area contributed by atoms with Crippen LogP contribution in [0.25, 0.3) is 0 Å². The lowest BCUT2D eigenvalue weighted by molar-refractivity contribution is 0.0343. The third kappa shape index (κ3) is 1.70. The van der Waals surface area contributed by atoms with Crippen LogP contribution in [0.15, 0.2) is 16.7 Å². The smallest absolute Gasteiger partial charge is 0.124 e. The van der Waals surface area contributed by atoms with Crippen LogP contribution in [0.1, 0.15) is 30.2 Å². The molecule has 1 fully saturated rings. The first-order valence-corrected chi connectivity index (χ1v) is 5.82. The third-order valence-corrected chi connectivity index (χ3v) is 3.49. The van der Waals surface area contributed by atoms with E-state index in [2.05, 4.69) is 11.4 Å². The Hall–Kier alpha value is -0.800. The van der Waals surface area contributed by atoms with Crippen molar-refractivity contribution < 1.29 is 9.15 Å². The van der Waals surface area contributed by atoms with Gasteiger partial charge < -0.3 is 14.5 Å². The Kier molecular flexibility index (Phi) is 2.51. The van der Waals surface area contributed by atoms with Crippen molar-refractivity contribution in [2.45, 2.75) is 25.3 Å². The fourth-order valence-corrected chi connectivity index (χ4v) is 2.69. The van der Waals surface area contributed by atoms with Crippen LogP contribution in [-0.4, -0.2) is 19.8 Å². The Bertz CT molecular complexity index is 328. The monoisotopic (exact) mass is 207 g/mol. The minimum atomic E-state index is 0.379. The zero-order valence-electron chi connectivity index (χ0n) is 8.87. The quantitative estimate of drug-likeness (QED) is 0.763. The molecule has 1 N–H and O–H groups in total. The average molecular weight is 207 g/mol. The summed E-state index contributed by atoms with van der Waals surface area (Å²) in [5.41, 5.74) is 1.38. The molecule has 3 nitrogen and oxygen atoms in total. The molecule has 0 saturated carbocycles. The molecule has 2 aliphatic rings. The second-order valence-electron chi connectivity index (χ2n) is 4.47. The summed E-state index contributed by atoms with van der Waals surface area (Å²) in [6.07, 6.45) is 5.33. The number of hydrogen-bond acceptors (Lipinski definition) is 3. The van der Waals surface area contributed by atoms with Crippen molar-refractivity contribution in [3.8, 4) is 0 Å². The van der Waals surface area contributed by atoms with Crippen LogP contribution in [0, 0.1) is 5.92 Å². The van der Waals surface area contributed by atoms with Crippen molar-refractivity contribution in [3.63, 3.8) is 0 Å². The Morgan fingerprint density at radius 1 is 1.40 bits per heavy atom. The first-order chi connectivity index (χ1) is 7.45. The van der Waals surface area contributed by atoms with Crippen LogP contribution < -0.4 is 5.32 Å². The molecule has 1 aromatic rings. The van der Waals surface area contributed by atoms with E-state index < -0.39 is 0 Å². The van der Waals surface area contributed by atoms with Gasteiger partial charge in [0.25, 0.3) is 0 Å². The van der Waals surface area contributed by atoms with E-state index in [0.717, 1.165) is 31.9 Å². The van der Waals surface area contributed by atoms with Crippen molar-refractivity contribution in [3.05, 3.63) is 23.7 Å². The van der Waals surface area contributed by atoms with Crippen molar-refractivity contribution >= 4 is 0 Å².